The van der Waals surface area contributed by atoms with Gasteiger partial charge in [0.15, 0.2) is 11.5 Å². The second-order valence-electron chi connectivity index (χ2n) is 4.22. The summed E-state index contributed by atoms with van der Waals surface area (Å²) in [6, 6.07) is 5.07. The number of rotatable bonds is 1. The van der Waals surface area contributed by atoms with Crippen LogP contribution < -0.4 is 0 Å². The molecule has 1 aromatic carbocycles. The molecule has 1 aliphatic rings. The molecule has 3 N–H and O–H groups in total. The van der Waals surface area contributed by atoms with E-state index in [1.807, 2.05) is 6.07 Å². The monoisotopic (exact) mass is 208 g/mol. The lowest BCUT2D eigenvalue weighted by molar-refractivity contribution is 0.122. The minimum Gasteiger partial charge on any atom is -0.504 e. The number of hydrogen-bond acceptors (Lipinski definition) is 3. The molecule has 0 saturated heterocycles. The quantitative estimate of drug-likeness (QED) is 0.619. The molecule has 1 aromatic rings. The summed E-state index contributed by atoms with van der Waals surface area (Å²) in [5.41, 5.74) is 0.807. The molecule has 0 amide bonds. The molecule has 0 bridgehead atoms. The van der Waals surface area contributed by atoms with E-state index in [1.165, 1.54) is 6.07 Å². The second kappa shape index (κ2) is 4.11. The van der Waals surface area contributed by atoms with Crippen molar-refractivity contribution in [2.75, 3.05) is 0 Å². The van der Waals surface area contributed by atoms with E-state index in [2.05, 4.69) is 0 Å². The predicted molar refractivity (Wildman–Crippen MR) is 57.0 cm³/mol. The van der Waals surface area contributed by atoms with Crippen LogP contribution in [0.4, 0.5) is 0 Å². The standard InChI is InChI=1S/C12H16O3/c13-9-6-4-8(5-7-9)10-2-1-3-11(14)12(10)15/h1-3,8-9,13-15H,4-7H2. The van der Waals surface area contributed by atoms with E-state index in [1.54, 1.807) is 6.07 Å². The van der Waals surface area contributed by atoms with Crippen LogP contribution in [0, 0.1) is 0 Å². The maximum atomic E-state index is 9.70. The lowest BCUT2D eigenvalue weighted by atomic mass is 9.82. The molecule has 1 fully saturated rings. The van der Waals surface area contributed by atoms with Gasteiger partial charge in [-0.1, -0.05) is 12.1 Å². The lowest BCUT2D eigenvalue weighted by Gasteiger charge is -2.26. The summed E-state index contributed by atoms with van der Waals surface area (Å²) in [7, 11) is 0. The largest absolute Gasteiger partial charge is 0.504 e. The molecule has 3 nitrogen and oxygen atoms in total. The Morgan fingerprint density at radius 1 is 1.00 bits per heavy atom. The van der Waals surface area contributed by atoms with Crippen molar-refractivity contribution >= 4 is 0 Å². The molecule has 82 valence electrons. The highest BCUT2D eigenvalue weighted by atomic mass is 16.3. The maximum absolute atomic E-state index is 9.70. The topological polar surface area (TPSA) is 60.7 Å². The van der Waals surface area contributed by atoms with Gasteiger partial charge in [0.1, 0.15) is 0 Å². The van der Waals surface area contributed by atoms with Crippen molar-refractivity contribution in [3.8, 4) is 11.5 Å². The maximum Gasteiger partial charge on any atom is 0.160 e. The van der Waals surface area contributed by atoms with E-state index in [4.69, 9.17) is 0 Å². The summed E-state index contributed by atoms with van der Waals surface area (Å²) in [6.45, 7) is 0. The summed E-state index contributed by atoms with van der Waals surface area (Å²) >= 11 is 0. The third-order valence-electron chi connectivity index (χ3n) is 3.18. The van der Waals surface area contributed by atoms with E-state index >= 15 is 0 Å². The molecule has 0 radical (unpaired) electrons. The highest BCUT2D eigenvalue weighted by Crippen LogP contribution is 2.40. The fraction of sp³-hybridized carbons (Fsp3) is 0.500. The number of para-hydroxylation sites is 1. The van der Waals surface area contributed by atoms with Gasteiger partial charge in [0.25, 0.3) is 0 Å². The van der Waals surface area contributed by atoms with Gasteiger partial charge in [0.2, 0.25) is 0 Å². The van der Waals surface area contributed by atoms with Crippen molar-refractivity contribution in [3.05, 3.63) is 23.8 Å². The van der Waals surface area contributed by atoms with Gasteiger partial charge in [0.05, 0.1) is 6.10 Å². The molecular formula is C12H16O3. The summed E-state index contributed by atoms with van der Waals surface area (Å²) in [6.07, 6.45) is 3.11. The highest BCUT2D eigenvalue weighted by molar-refractivity contribution is 5.46. The van der Waals surface area contributed by atoms with E-state index in [9.17, 15) is 15.3 Å². The zero-order chi connectivity index (χ0) is 10.8. The van der Waals surface area contributed by atoms with Gasteiger partial charge in [-0.2, -0.15) is 0 Å². The lowest BCUT2D eigenvalue weighted by Crippen LogP contribution is -2.16. The molecule has 0 aromatic heterocycles. The Morgan fingerprint density at radius 2 is 1.67 bits per heavy atom. The third-order valence-corrected chi connectivity index (χ3v) is 3.18. The van der Waals surface area contributed by atoms with E-state index < -0.39 is 0 Å². The van der Waals surface area contributed by atoms with Crippen molar-refractivity contribution in [2.24, 2.45) is 0 Å². The number of aromatic hydroxyl groups is 2. The average molecular weight is 208 g/mol. The number of phenolic OH excluding ortho intramolecular Hbond substituents is 2. The minimum absolute atomic E-state index is 0.00103. The Labute approximate surface area is 89.0 Å². The summed E-state index contributed by atoms with van der Waals surface area (Å²) < 4.78 is 0. The van der Waals surface area contributed by atoms with Gasteiger partial charge in [-0.05, 0) is 37.7 Å². The Balaban J connectivity index is 2.19. The van der Waals surface area contributed by atoms with Crippen LogP contribution in [0.1, 0.15) is 37.2 Å². The van der Waals surface area contributed by atoms with Crippen LogP contribution in [0.15, 0.2) is 18.2 Å². The molecular weight excluding hydrogens is 192 g/mol. The van der Waals surface area contributed by atoms with Crippen molar-refractivity contribution in [2.45, 2.75) is 37.7 Å². The Kier molecular flexibility index (Phi) is 2.82. The van der Waals surface area contributed by atoms with Crippen molar-refractivity contribution < 1.29 is 15.3 Å². The van der Waals surface area contributed by atoms with Crippen LogP contribution in [0.5, 0.6) is 11.5 Å². The number of phenols is 2. The first-order valence-electron chi connectivity index (χ1n) is 5.37. The van der Waals surface area contributed by atoms with Crippen LogP contribution in [0.2, 0.25) is 0 Å². The van der Waals surface area contributed by atoms with Gasteiger partial charge in [-0.15, -0.1) is 0 Å². The predicted octanol–water partition coefficient (Wildman–Crippen LogP) is 2.12. The Morgan fingerprint density at radius 3 is 2.33 bits per heavy atom. The second-order valence-corrected chi connectivity index (χ2v) is 4.22. The third kappa shape index (κ3) is 2.07. The number of benzene rings is 1. The van der Waals surface area contributed by atoms with Gasteiger partial charge < -0.3 is 15.3 Å². The zero-order valence-corrected chi connectivity index (χ0v) is 8.56. The number of aliphatic hydroxyl groups excluding tert-OH is 1. The van der Waals surface area contributed by atoms with E-state index in [0.717, 1.165) is 31.2 Å². The highest BCUT2D eigenvalue weighted by Gasteiger charge is 2.23. The van der Waals surface area contributed by atoms with Crippen LogP contribution in [0.3, 0.4) is 0 Å². The van der Waals surface area contributed by atoms with Crippen molar-refractivity contribution in [3.63, 3.8) is 0 Å². The SMILES string of the molecule is Oc1cccc(C2CCC(O)CC2)c1O. The van der Waals surface area contributed by atoms with E-state index in [0.29, 0.717) is 0 Å². The van der Waals surface area contributed by atoms with Crippen molar-refractivity contribution in [1.29, 1.82) is 0 Å². The summed E-state index contributed by atoms with van der Waals surface area (Å²) in [4.78, 5) is 0. The Hall–Kier alpha value is -1.22. The average Bonchev–Trinajstić information content (AvgIpc) is 2.24. The first kappa shape index (κ1) is 10.3. The zero-order valence-electron chi connectivity index (χ0n) is 8.56. The first-order valence-corrected chi connectivity index (χ1v) is 5.37. The number of aliphatic hydroxyl groups is 1. The molecule has 1 saturated carbocycles. The smallest absolute Gasteiger partial charge is 0.160 e. The molecule has 0 spiro atoms. The fourth-order valence-electron chi connectivity index (χ4n) is 2.26. The van der Waals surface area contributed by atoms with Crippen LogP contribution in [-0.2, 0) is 0 Å². The van der Waals surface area contributed by atoms with Gasteiger partial charge in [0, 0.05) is 5.56 Å². The molecule has 0 atom stereocenters. The summed E-state index contributed by atoms with van der Waals surface area (Å²) in [5.74, 6) is 0.206. The van der Waals surface area contributed by atoms with Gasteiger partial charge in [-0.3, -0.25) is 0 Å². The van der Waals surface area contributed by atoms with Gasteiger partial charge in [-0.25, -0.2) is 0 Å². The number of hydrogen-bond donors (Lipinski definition) is 3. The van der Waals surface area contributed by atoms with Crippen LogP contribution in [0.25, 0.3) is 0 Å². The molecule has 0 aliphatic heterocycles. The fourth-order valence-corrected chi connectivity index (χ4v) is 2.26. The minimum atomic E-state index is -0.194. The molecule has 15 heavy (non-hydrogen) atoms. The molecule has 2 rings (SSSR count). The molecule has 0 heterocycles. The molecule has 1 aliphatic carbocycles. The molecule has 0 unspecified atom stereocenters. The first-order chi connectivity index (χ1) is 7.18. The van der Waals surface area contributed by atoms with Crippen LogP contribution >= 0.6 is 0 Å². The van der Waals surface area contributed by atoms with E-state index in [-0.39, 0.29) is 23.5 Å². The normalized spacial score (nSPS) is 26.5. The summed E-state index contributed by atoms with van der Waals surface area (Å²) in [5, 5.41) is 28.5. The Bertz CT molecular complexity index is 341. The molecule has 3 heteroatoms. The van der Waals surface area contributed by atoms with Crippen molar-refractivity contribution in [1.82, 2.24) is 0 Å². The van der Waals surface area contributed by atoms with Gasteiger partial charge >= 0.3 is 0 Å². The van der Waals surface area contributed by atoms with Crippen LogP contribution in [-0.4, -0.2) is 21.4 Å².